The first-order valence-electron chi connectivity index (χ1n) is 8.76. The Bertz CT molecular complexity index is 1070. The largest absolute Gasteiger partial charge is 0.493 e. The fraction of sp³-hybridized carbons (Fsp3) is 0.143. The Balaban J connectivity index is 1.63. The van der Waals surface area contributed by atoms with Crippen molar-refractivity contribution in [1.29, 1.82) is 0 Å². The molecule has 3 rings (SSSR count). The number of anilines is 1. The summed E-state index contributed by atoms with van der Waals surface area (Å²) in [5, 5.41) is 8.30. The molecular weight excluding hydrogens is 395 g/mol. The predicted molar refractivity (Wildman–Crippen MR) is 109 cm³/mol. The zero-order valence-corrected chi connectivity index (χ0v) is 16.6. The average Bonchev–Trinajstić information content (AvgIpc) is 2.71. The molecule has 0 bridgehead atoms. The maximum atomic E-state index is 13.0. The van der Waals surface area contributed by atoms with Crippen LogP contribution in [0.5, 0.6) is 11.5 Å². The summed E-state index contributed by atoms with van der Waals surface area (Å²) in [6, 6.07) is 17.9. The lowest BCUT2D eigenvalue weighted by molar-refractivity contribution is 0.284. The van der Waals surface area contributed by atoms with Gasteiger partial charge < -0.3 is 14.8 Å². The molecule has 0 aliphatic carbocycles. The number of methoxy groups -OCH3 is 1. The molecule has 0 aliphatic rings. The summed E-state index contributed by atoms with van der Waals surface area (Å²) < 4.78 is 46.8. The molecule has 0 aliphatic heterocycles. The van der Waals surface area contributed by atoms with Gasteiger partial charge in [0.2, 0.25) is 10.0 Å². The molecule has 3 N–H and O–H groups in total. The van der Waals surface area contributed by atoms with Crippen molar-refractivity contribution in [3.63, 3.8) is 0 Å². The van der Waals surface area contributed by atoms with E-state index in [-0.39, 0.29) is 10.7 Å². The summed E-state index contributed by atoms with van der Waals surface area (Å²) >= 11 is 0. The van der Waals surface area contributed by atoms with Gasteiger partial charge in [-0.1, -0.05) is 18.2 Å². The summed E-state index contributed by atoms with van der Waals surface area (Å²) in [5.41, 5.74) is 2.56. The number of nitrogens with one attached hydrogen (secondary N) is 1. The second-order valence-electron chi connectivity index (χ2n) is 6.32. The first-order chi connectivity index (χ1) is 13.8. The van der Waals surface area contributed by atoms with E-state index < -0.39 is 10.0 Å². The summed E-state index contributed by atoms with van der Waals surface area (Å²) in [6.45, 7) is 0.800. The third-order valence-electron chi connectivity index (χ3n) is 4.22. The Labute approximate surface area is 169 Å². The van der Waals surface area contributed by atoms with E-state index in [9.17, 15) is 12.8 Å². The molecule has 0 atom stereocenters. The lowest BCUT2D eigenvalue weighted by Gasteiger charge is -2.13. The van der Waals surface area contributed by atoms with Gasteiger partial charge in [-0.05, 0) is 59.7 Å². The third-order valence-corrected chi connectivity index (χ3v) is 5.14. The summed E-state index contributed by atoms with van der Waals surface area (Å²) in [5.74, 6) is 0.872. The highest BCUT2D eigenvalue weighted by Gasteiger charge is 2.08. The number of rotatable bonds is 8. The normalized spacial score (nSPS) is 11.1. The van der Waals surface area contributed by atoms with Crippen molar-refractivity contribution in [2.24, 2.45) is 5.14 Å². The van der Waals surface area contributed by atoms with Crippen LogP contribution in [0.15, 0.2) is 71.6 Å². The number of nitrogens with two attached hydrogens (primary N) is 1. The second kappa shape index (κ2) is 8.93. The Kier molecular flexibility index (Phi) is 6.36. The Morgan fingerprint density at radius 3 is 2.21 bits per heavy atom. The van der Waals surface area contributed by atoms with Crippen LogP contribution < -0.4 is 19.9 Å². The van der Waals surface area contributed by atoms with E-state index >= 15 is 0 Å². The summed E-state index contributed by atoms with van der Waals surface area (Å²) in [7, 11) is -2.15. The quantitative estimate of drug-likeness (QED) is 0.585. The van der Waals surface area contributed by atoms with Gasteiger partial charge in [0.05, 0.1) is 12.0 Å². The van der Waals surface area contributed by atoms with Gasteiger partial charge in [-0.3, -0.25) is 0 Å². The highest BCUT2D eigenvalue weighted by atomic mass is 32.2. The van der Waals surface area contributed by atoms with E-state index in [0.717, 1.165) is 16.8 Å². The van der Waals surface area contributed by atoms with Crippen LogP contribution in [0.3, 0.4) is 0 Å². The van der Waals surface area contributed by atoms with E-state index in [1.165, 1.54) is 24.3 Å². The number of halogens is 1. The van der Waals surface area contributed by atoms with Gasteiger partial charge in [0.15, 0.2) is 11.5 Å². The molecule has 152 valence electrons. The topological polar surface area (TPSA) is 90.6 Å². The minimum absolute atomic E-state index is 0.0624. The van der Waals surface area contributed by atoms with Gasteiger partial charge in [-0.2, -0.15) is 0 Å². The predicted octanol–water partition coefficient (Wildman–Crippen LogP) is 3.67. The van der Waals surface area contributed by atoms with E-state index in [1.54, 1.807) is 31.4 Å². The zero-order valence-electron chi connectivity index (χ0n) is 15.8. The number of primary sulfonamides is 1. The van der Waals surface area contributed by atoms with Crippen molar-refractivity contribution < 1.29 is 22.3 Å². The van der Waals surface area contributed by atoms with Crippen LogP contribution in [-0.4, -0.2) is 15.5 Å². The minimum Gasteiger partial charge on any atom is -0.493 e. The number of hydrogen-bond acceptors (Lipinski definition) is 5. The highest BCUT2D eigenvalue weighted by molar-refractivity contribution is 7.89. The van der Waals surface area contributed by atoms with E-state index in [0.29, 0.717) is 24.7 Å². The summed E-state index contributed by atoms with van der Waals surface area (Å²) in [6.07, 6.45) is 0. The van der Waals surface area contributed by atoms with Crippen LogP contribution in [0.1, 0.15) is 11.1 Å². The molecule has 0 fully saturated rings. The van der Waals surface area contributed by atoms with Gasteiger partial charge in [0.25, 0.3) is 0 Å². The lowest BCUT2D eigenvalue weighted by atomic mass is 10.2. The highest BCUT2D eigenvalue weighted by Crippen LogP contribution is 2.29. The van der Waals surface area contributed by atoms with Gasteiger partial charge >= 0.3 is 0 Å². The van der Waals surface area contributed by atoms with E-state index in [1.807, 2.05) is 18.2 Å². The van der Waals surface area contributed by atoms with Crippen molar-refractivity contribution in [1.82, 2.24) is 0 Å². The van der Waals surface area contributed by atoms with Gasteiger partial charge in [0.1, 0.15) is 12.4 Å². The molecule has 0 aromatic heterocycles. The van der Waals surface area contributed by atoms with Crippen LogP contribution in [0.4, 0.5) is 10.1 Å². The standard InChI is InChI=1S/C21H21FN2O4S/c1-27-21-12-16(13-24-18-7-9-19(10-8-18)29(23,25)26)4-11-20(21)28-14-15-2-5-17(22)6-3-15/h2-12,24H,13-14H2,1H3,(H2,23,25,26). The van der Waals surface area contributed by atoms with Gasteiger partial charge in [-0.15, -0.1) is 0 Å². The smallest absolute Gasteiger partial charge is 0.238 e. The van der Waals surface area contributed by atoms with Crippen LogP contribution in [0.25, 0.3) is 0 Å². The molecule has 0 unspecified atom stereocenters. The van der Waals surface area contributed by atoms with Crippen molar-refractivity contribution >= 4 is 15.7 Å². The first kappa shape index (κ1) is 20.6. The van der Waals surface area contributed by atoms with Crippen LogP contribution >= 0.6 is 0 Å². The molecule has 29 heavy (non-hydrogen) atoms. The Morgan fingerprint density at radius 2 is 1.59 bits per heavy atom. The van der Waals surface area contributed by atoms with Crippen molar-refractivity contribution in [2.75, 3.05) is 12.4 Å². The van der Waals surface area contributed by atoms with E-state index in [2.05, 4.69) is 5.32 Å². The molecule has 3 aromatic carbocycles. The van der Waals surface area contributed by atoms with Crippen LogP contribution in [0, 0.1) is 5.82 Å². The summed E-state index contributed by atoms with van der Waals surface area (Å²) in [4.78, 5) is 0.0624. The maximum absolute atomic E-state index is 13.0. The van der Waals surface area contributed by atoms with Crippen molar-refractivity contribution in [3.05, 3.63) is 83.7 Å². The first-order valence-corrected chi connectivity index (χ1v) is 10.3. The Morgan fingerprint density at radius 1 is 0.931 bits per heavy atom. The third kappa shape index (κ3) is 5.69. The van der Waals surface area contributed by atoms with Gasteiger partial charge in [0, 0.05) is 12.2 Å². The molecule has 0 radical (unpaired) electrons. The molecule has 6 nitrogen and oxygen atoms in total. The molecule has 8 heteroatoms. The van der Waals surface area contributed by atoms with Crippen LogP contribution in [-0.2, 0) is 23.2 Å². The molecule has 0 amide bonds. The van der Waals surface area contributed by atoms with Crippen molar-refractivity contribution in [3.8, 4) is 11.5 Å². The zero-order chi connectivity index (χ0) is 20.9. The minimum atomic E-state index is -3.71. The average molecular weight is 416 g/mol. The molecular formula is C21H21FN2O4S. The fourth-order valence-corrected chi connectivity index (χ4v) is 3.16. The lowest BCUT2D eigenvalue weighted by Crippen LogP contribution is -2.12. The second-order valence-corrected chi connectivity index (χ2v) is 7.88. The SMILES string of the molecule is COc1cc(CNc2ccc(S(N)(=O)=O)cc2)ccc1OCc1ccc(F)cc1. The number of sulfonamides is 1. The van der Waals surface area contributed by atoms with Gasteiger partial charge in [-0.25, -0.2) is 17.9 Å². The molecule has 0 spiro atoms. The monoisotopic (exact) mass is 416 g/mol. The molecule has 0 heterocycles. The molecule has 0 saturated carbocycles. The maximum Gasteiger partial charge on any atom is 0.238 e. The van der Waals surface area contributed by atoms with Crippen LogP contribution in [0.2, 0.25) is 0 Å². The molecule has 0 saturated heterocycles. The van der Waals surface area contributed by atoms with Crippen molar-refractivity contribution in [2.45, 2.75) is 18.0 Å². The number of ether oxygens (including phenoxy) is 2. The number of benzene rings is 3. The van der Waals surface area contributed by atoms with E-state index in [4.69, 9.17) is 14.6 Å². The fourth-order valence-electron chi connectivity index (χ4n) is 2.65. The molecule has 3 aromatic rings. The Hall–Kier alpha value is -3.10. The number of hydrogen-bond donors (Lipinski definition) is 2.